The van der Waals surface area contributed by atoms with Gasteiger partial charge in [0.2, 0.25) is 0 Å². The van der Waals surface area contributed by atoms with Crippen LogP contribution in [0.25, 0.3) is 0 Å². The summed E-state index contributed by atoms with van der Waals surface area (Å²) in [4.78, 5) is 7.88. The van der Waals surface area contributed by atoms with Crippen LogP contribution in [0.4, 0.5) is 0 Å². The van der Waals surface area contributed by atoms with E-state index in [-0.39, 0.29) is 12.6 Å². The van der Waals surface area contributed by atoms with Gasteiger partial charge in [-0.3, -0.25) is 0 Å². The highest BCUT2D eigenvalue weighted by molar-refractivity contribution is 6.30. The van der Waals surface area contributed by atoms with Crippen molar-refractivity contribution in [1.29, 1.82) is 0 Å². The molecule has 4 nitrogen and oxygen atoms in total. The topological polar surface area (TPSA) is 55.2 Å². The maximum Gasteiger partial charge on any atom is 0.321 e. The summed E-state index contributed by atoms with van der Waals surface area (Å²) in [6, 6.07) is 7.18. The fraction of sp³-hybridized carbons (Fsp3) is 0.0909. The van der Waals surface area contributed by atoms with Crippen LogP contribution in [0.15, 0.2) is 36.7 Å². The van der Waals surface area contributed by atoms with E-state index in [1.807, 2.05) is 0 Å². The van der Waals surface area contributed by atoms with Crippen LogP contribution in [-0.2, 0) is 6.61 Å². The number of hydrogen-bond donors (Lipinski definition) is 1. The average Bonchev–Trinajstić information content (AvgIpc) is 2.30. The third-order valence-electron chi connectivity index (χ3n) is 1.87. The number of aliphatic hydroxyl groups is 1. The number of aliphatic hydroxyl groups excluding tert-OH is 1. The highest BCUT2D eigenvalue weighted by Crippen LogP contribution is 2.21. The van der Waals surface area contributed by atoms with E-state index in [4.69, 9.17) is 21.4 Å². The lowest BCUT2D eigenvalue weighted by atomic mass is 10.3. The Morgan fingerprint density at radius 2 is 2.00 bits per heavy atom. The molecular weight excluding hydrogens is 228 g/mol. The Kier molecular flexibility index (Phi) is 3.34. The number of rotatable bonds is 3. The Hall–Kier alpha value is -1.65. The van der Waals surface area contributed by atoms with Crippen LogP contribution in [0.1, 0.15) is 5.56 Å². The minimum Gasteiger partial charge on any atom is -0.424 e. The van der Waals surface area contributed by atoms with Crippen LogP contribution in [0.2, 0.25) is 5.02 Å². The summed E-state index contributed by atoms with van der Waals surface area (Å²) in [5.74, 6) is 0.573. The van der Waals surface area contributed by atoms with Crippen molar-refractivity contribution in [2.75, 3.05) is 0 Å². The van der Waals surface area contributed by atoms with E-state index in [1.54, 1.807) is 24.3 Å². The van der Waals surface area contributed by atoms with Crippen LogP contribution in [0.5, 0.6) is 11.8 Å². The molecule has 0 unspecified atom stereocenters. The fourth-order valence-corrected chi connectivity index (χ4v) is 1.29. The Bertz CT molecular complexity index is 474. The zero-order valence-corrected chi connectivity index (χ0v) is 9.05. The minimum absolute atomic E-state index is 0.0859. The number of nitrogens with zero attached hydrogens (tertiary/aromatic N) is 2. The maximum atomic E-state index is 8.82. The molecule has 2 aromatic rings. The van der Waals surface area contributed by atoms with E-state index >= 15 is 0 Å². The van der Waals surface area contributed by atoms with Crippen LogP contribution < -0.4 is 4.74 Å². The molecule has 0 fully saturated rings. The third kappa shape index (κ3) is 2.68. The van der Waals surface area contributed by atoms with Crippen LogP contribution >= 0.6 is 11.6 Å². The molecular formula is C11H9ClN2O2. The van der Waals surface area contributed by atoms with Crippen molar-refractivity contribution in [3.8, 4) is 11.8 Å². The lowest BCUT2D eigenvalue weighted by Gasteiger charge is -2.03. The lowest BCUT2D eigenvalue weighted by Crippen LogP contribution is -1.93. The summed E-state index contributed by atoms with van der Waals surface area (Å²) in [5.41, 5.74) is 0.637. The molecule has 0 bridgehead atoms. The van der Waals surface area contributed by atoms with E-state index < -0.39 is 0 Å². The highest BCUT2D eigenvalue weighted by Gasteiger charge is 2.00. The van der Waals surface area contributed by atoms with E-state index in [2.05, 4.69) is 9.97 Å². The van der Waals surface area contributed by atoms with Crippen molar-refractivity contribution in [3.05, 3.63) is 47.2 Å². The summed E-state index contributed by atoms with van der Waals surface area (Å²) < 4.78 is 5.37. The van der Waals surface area contributed by atoms with Crippen molar-refractivity contribution in [2.45, 2.75) is 6.61 Å². The molecule has 0 saturated carbocycles. The minimum atomic E-state index is -0.0859. The number of hydrogen-bond acceptors (Lipinski definition) is 4. The summed E-state index contributed by atoms with van der Waals surface area (Å²) >= 11 is 5.80. The summed E-state index contributed by atoms with van der Waals surface area (Å²) in [5, 5.41) is 9.40. The summed E-state index contributed by atoms with van der Waals surface area (Å²) in [7, 11) is 0. The maximum absolute atomic E-state index is 8.82. The van der Waals surface area contributed by atoms with E-state index in [0.29, 0.717) is 16.3 Å². The van der Waals surface area contributed by atoms with Gasteiger partial charge in [0.05, 0.1) is 6.61 Å². The Morgan fingerprint density at radius 3 is 2.62 bits per heavy atom. The fourth-order valence-electron chi connectivity index (χ4n) is 1.11. The zero-order chi connectivity index (χ0) is 11.4. The first-order valence-electron chi connectivity index (χ1n) is 4.63. The van der Waals surface area contributed by atoms with Gasteiger partial charge in [0.15, 0.2) is 0 Å². The van der Waals surface area contributed by atoms with Crippen molar-refractivity contribution in [3.63, 3.8) is 0 Å². The standard InChI is InChI=1S/C11H9ClN2O2/c12-9-2-1-3-10(4-9)16-11-13-5-8(7-15)6-14-11/h1-6,15H,7H2. The van der Waals surface area contributed by atoms with Gasteiger partial charge < -0.3 is 9.84 Å². The second-order valence-corrected chi connectivity index (χ2v) is 3.53. The largest absolute Gasteiger partial charge is 0.424 e. The van der Waals surface area contributed by atoms with Crippen LogP contribution in [0, 0.1) is 0 Å². The van der Waals surface area contributed by atoms with Crippen molar-refractivity contribution >= 4 is 11.6 Å². The number of halogens is 1. The van der Waals surface area contributed by atoms with E-state index in [0.717, 1.165) is 0 Å². The normalized spacial score (nSPS) is 10.1. The molecule has 0 saturated heterocycles. The number of ether oxygens (including phenoxy) is 1. The first kappa shape index (κ1) is 10.9. The molecule has 2 rings (SSSR count). The average molecular weight is 237 g/mol. The van der Waals surface area contributed by atoms with Gasteiger partial charge in [0, 0.05) is 23.0 Å². The molecule has 1 heterocycles. The van der Waals surface area contributed by atoms with Crippen molar-refractivity contribution in [2.24, 2.45) is 0 Å². The third-order valence-corrected chi connectivity index (χ3v) is 2.10. The van der Waals surface area contributed by atoms with Gasteiger partial charge in [0.25, 0.3) is 0 Å². The van der Waals surface area contributed by atoms with Gasteiger partial charge in [-0.05, 0) is 18.2 Å². The van der Waals surface area contributed by atoms with Crippen molar-refractivity contribution < 1.29 is 9.84 Å². The quantitative estimate of drug-likeness (QED) is 0.889. The summed E-state index contributed by atoms with van der Waals surface area (Å²) in [6.45, 7) is -0.0859. The Morgan fingerprint density at radius 1 is 1.25 bits per heavy atom. The smallest absolute Gasteiger partial charge is 0.321 e. The SMILES string of the molecule is OCc1cnc(Oc2cccc(Cl)c2)nc1. The van der Waals surface area contributed by atoms with E-state index in [1.165, 1.54) is 12.4 Å². The Balaban J connectivity index is 2.14. The van der Waals surface area contributed by atoms with Gasteiger partial charge in [-0.1, -0.05) is 17.7 Å². The van der Waals surface area contributed by atoms with Gasteiger partial charge in [-0.25, -0.2) is 9.97 Å². The van der Waals surface area contributed by atoms with Gasteiger partial charge in [0.1, 0.15) is 5.75 Å². The molecule has 1 aromatic carbocycles. The number of aromatic nitrogens is 2. The van der Waals surface area contributed by atoms with Gasteiger partial charge in [-0.2, -0.15) is 0 Å². The van der Waals surface area contributed by atoms with Gasteiger partial charge in [-0.15, -0.1) is 0 Å². The second kappa shape index (κ2) is 4.92. The van der Waals surface area contributed by atoms with Gasteiger partial charge >= 0.3 is 6.01 Å². The van der Waals surface area contributed by atoms with E-state index in [9.17, 15) is 0 Å². The molecule has 0 aliphatic carbocycles. The molecule has 1 N–H and O–H groups in total. The molecule has 1 aromatic heterocycles. The summed E-state index contributed by atoms with van der Waals surface area (Å²) in [6.07, 6.45) is 3.01. The highest BCUT2D eigenvalue weighted by atomic mass is 35.5. The molecule has 82 valence electrons. The first-order chi connectivity index (χ1) is 7.78. The molecule has 0 aliphatic heterocycles. The first-order valence-corrected chi connectivity index (χ1v) is 5.01. The van der Waals surface area contributed by atoms with Crippen molar-refractivity contribution in [1.82, 2.24) is 9.97 Å². The molecule has 0 spiro atoms. The predicted molar refractivity (Wildman–Crippen MR) is 59.5 cm³/mol. The van der Waals surface area contributed by atoms with Crippen LogP contribution in [-0.4, -0.2) is 15.1 Å². The second-order valence-electron chi connectivity index (χ2n) is 3.09. The number of benzene rings is 1. The van der Waals surface area contributed by atoms with Crippen LogP contribution in [0.3, 0.4) is 0 Å². The predicted octanol–water partition coefficient (Wildman–Crippen LogP) is 2.41. The molecule has 0 aliphatic rings. The zero-order valence-electron chi connectivity index (χ0n) is 8.30. The molecule has 16 heavy (non-hydrogen) atoms. The molecule has 0 radical (unpaired) electrons. The molecule has 0 atom stereocenters. The monoisotopic (exact) mass is 236 g/mol. The molecule has 0 amide bonds. The Labute approximate surface area is 97.5 Å². The lowest BCUT2D eigenvalue weighted by molar-refractivity contribution is 0.280. The molecule has 5 heteroatoms.